The van der Waals surface area contributed by atoms with Crippen molar-refractivity contribution in [1.82, 2.24) is 0 Å². The van der Waals surface area contributed by atoms with Gasteiger partial charge < -0.3 is 9.80 Å². The standard InChI is InChI=1S/C26H28N4O4/c1-17-6-5-8-19(14-17)29-23(31)15-21(25(29)33)27-10-12-28(13-11-27)22-16-24(32)30(26(22)34)20-9-4-3-7-18(20)2/h3-9,14,21-22H,10-13,15-16H2,1-2H3/p+2/t21-,22-/m0/s1. The molecule has 3 saturated heterocycles. The van der Waals surface area contributed by atoms with Crippen molar-refractivity contribution in [2.75, 3.05) is 36.0 Å². The molecule has 8 nitrogen and oxygen atoms in total. The van der Waals surface area contributed by atoms with Crippen LogP contribution in [0.3, 0.4) is 0 Å². The Morgan fingerprint density at radius 3 is 1.85 bits per heavy atom. The number of nitrogens with zero attached hydrogens (tertiary/aromatic N) is 2. The minimum absolute atomic E-state index is 0.143. The van der Waals surface area contributed by atoms with E-state index in [1.807, 2.05) is 56.3 Å². The van der Waals surface area contributed by atoms with Crippen LogP contribution in [0.15, 0.2) is 48.5 Å². The van der Waals surface area contributed by atoms with E-state index in [0.29, 0.717) is 37.6 Å². The Kier molecular flexibility index (Phi) is 5.79. The number of amides is 4. The van der Waals surface area contributed by atoms with Gasteiger partial charge in [-0.1, -0.05) is 30.3 Å². The van der Waals surface area contributed by atoms with Crippen molar-refractivity contribution in [3.63, 3.8) is 0 Å². The minimum atomic E-state index is -0.390. The van der Waals surface area contributed by atoms with E-state index in [1.165, 1.54) is 9.80 Å². The molecule has 5 rings (SSSR count). The van der Waals surface area contributed by atoms with Crippen LogP contribution in [0, 0.1) is 13.8 Å². The van der Waals surface area contributed by atoms with Crippen molar-refractivity contribution in [2.45, 2.75) is 38.8 Å². The number of carbonyl (C=O) groups excluding carboxylic acids is 4. The van der Waals surface area contributed by atoms with Gasteiger partial charge in [0.15, 0.2) is 12.1 Å². The summed E-state index contributed by atoms with van der Waals surface area (Å²) in [5, 5.41) is 0. The number of imide groups is 2. The van der Waals surface area contributed by atoms with E-state index in [-0.39, 0.29) is 42.5 Å². The van der Waals surface area contributed by atoms with Gasteiger partial charge >= 0.3 is 0 Å². The summed E-state index contributed by atoms with van der Waals surface area (Å²) in [5.74, 6) is -0.604. The van der Waals surface area contributed by atoms with Crippen LogP contribution in [0.5, 0.6) is 0 Å². The predicted molar refractivity (Wildman–Crippen MR) is 126 cm³/mol. The van der Waals surface area contributed by atoms with Gasteiger partial charge in [-0.05, 0) is 43.2 Å². The van der Waals surface area contributed by atoms with Crippen molar-refractivity contribution < 1.29 is 29.0 Å². The Balaban J connectivity index is 1.24. The molecule has 0 bridgehead atoms. The lowest BCUT2D eigenvalue weighted by atomic mass is 10.1. The zero-order valence-corrected chi connectivity index (χ0v) is 19.5. The number of rotatable bonds is 4. The molecular formula is C26H30N4O4+2. The zero-order chi connectivity index (χ0) is 24.0. The molecule has 0 unspecified atom stereocenters. The number of piperazine rings is 1. The highest BCUT2D eigenvalue weighted by Crippen LogP contribution is 2.25. The molecule has 0 saturated carbocycles. The molecule has 3 aliphatic heterocycles. The number of nitrogens with one attached hydrogen (secondary N) is 2. The summed E-state index contributed by atoms with van der Waals surface area (Å²) in [6.45, 7) is 6.57. The molecule has 176 valence electrons. The van der Waals surface area contributed by atoms with Gasteiger partial charge in [-0.25, -0.2) is 9.80 Å². The maximum absolute atomic E-state index is 13.2. The summed E-state index contributed by atoms with van der Waals surface area (Å²) in [5.41, 5.74) is 3.20. The second kappa shape index (κ2) is 8.77. The molecule has 8 heteroatoms. The first-order chi connectivity index (χ1) is 16.3. The van der Waals surface area contributed by atoms with Gasteiger partial charge in [0, 0.05) is 0 Å². The average molecular weight is 463 g/mol. The molecule has 0 aromatic heterocycles. The number of anilines is 2. The van der Waals surface area contributed by atoms with Crippen LogP contribution in [-0.4, -0.2) is 61.9 Å². The molecule has 0 radical (unpaired) electrons. The van der Waals surface area contributed by atoms with E-state index in [0.717, 1.165) is 20.9 Å². The number of hydrogen-bond donors (Lipinski definition) is 2. The first-order valence-electron chi connectivity index (χ1n) is 11.9. The van der Waals surface area contributed by atoms with E-state index < -0.39 is 6.04 Å². The monoisotopic (exact) mass is 462 g/mol. The topological polar surface area (TPSA) is 83.6 Å². The molecular weight excluding hydrogens is 432 g/mol. The van der Waals surface area contributed by atoms with Gasteiger partial charge in [-0.3, -0.25) is 19.2 Å². The van der Waals surface area contributed by atoms with E-state index in [1.54, 1.807) is 6.07 Å². The number of benzene rings is 2. The summed E-state index contributed by atoms with van der Waals surface area (Å²) in [4.78, 5) is 56.6. The summed E-state index contributed by atoms with van der Waals surface area (Å²) in [6.07, 6.45) is 0.416. The van der Waals surface area contributed by atoms with Gasteiger partial charge in [0.05, 0.1) is 24.2 Å². The SMILES string of the molecule is Cc1cccc(N2C(=O)C[C@H]([NH+]3CC[NH+]([C@H]4CC(=O)N(c5ccccc5C)C4=O)CC3)C2=O)c1. The Labute approximate surface area is 198 Å². The van der Waals surface area contributed by atoms with Gasteiger partial charge in [-0.2, -0.15) is 0 Å². The predicted octanol–water partition coefficient (Wildman–Crippen LogP) is -0.949. The summed E-state index contributed by atoms with van der Waals surface area (Å²) >= 11 is 0. The smallest absolute Gasteiger partial charge is 0.292 e. The first kappa shape index (κ1) is 22.4. The molecule has 3 aliphatic rings. The molecule has 2 aromatic carbocycles. The lowest BCUT2D eigenvalue weighted by Gasteiger charge is -2.34. The van der Waals surface area contributed by atoms with Gasteiger partial charge in [-0.15, -0.1) is 0 Å². The Morgan fingerprint density at radius 2 is 1.26 bits per heavy atom. The second-order valence-electron chi connectivity index (χ2n) is 9.59. The summed E-state index contributed by atoms with van der Waals surface area (Å²) in [6, 6.07) is 14.1. The third kappa shape index (κ3) is 3.82. The quantitative estimate of drug-likeness (QED) is 0.574. The van der Waals surface area contributed by atoms with Crippen LogP contribution >= 0.6 is 0 Å². The third-order valence-corrected chi connectivity index (χ3v) is 7.43. The van der Waals surface area contributed by atoms with Gasteiger partial charge in [0.1, 0.15) is 26.2 Å². The lowest BCUT2D eigenvalue weighted by molar-refractivity contribution is -1.02. The van der Waals surface area contributed by atoms with Gasteiger partial charge in [0.2, 0.25) is 11.8 Å². The summed E-state index contributed by atoms with van der Waals surface area (Å²) < 4.78 is 0. The van der Waals surface area contributed by atoms with Crippen LogP contribution < -0.4 is 19.6 Å². The Bertz CT molecular complexity index is 1170. The maximum atomic E-state index is 13.2. The van der Waals surface area contributed by atoms with Crippen molar-refractivity contribution >= 4 is 35.0 Å². The van der Waals surface area contributed by atoms with E-state index in [4.69, 9.17) is 0 Å². The van der Waals surface area contributed by atoms with Crippen LogP contribution in [0.4, 0.5) is 11.4 Å². The fraction of sp³-hybridized carbons (Fsp3) is 0.385. The molecule has 2 atom stereocenters. The summed E-state index contributed by atoms with van der Waals surface area (Å²) in [7, 11) is 0. The normalized spacial score (nSPS) is 27.7. The largest absolute Gasteiger partial charge is 0.315 e. The van der Waals surface area contributed by atoms with Crippen molar-refractivity contribution in [3.8, 4) is 0 Å². The number of aryl methyl sites for hydroxylation is 2. The molecule has 0 aliphatic carbocycles. The zero-order valence-electron chi connectivity index (χ0n) is 19.5. The van der Waals surface area contributed by atoms with Crippen LogP contribution in [0.1, 0.15) is 24.0 Å². The number of hydrogen-bond acceptors (Lipinski definition) is 4. The second-order valence-corrected chi connectivity index (χ2v) is 9.59. The van der Waals surface area contributed by atoms with Crippen molar-refractivity contribution in [2.24, 2.45) is 0 Å². The van der Waals surface area contributed by atoms with E-state index >= 15 is 0 Å². The lowest BCUT2D eigenvalue weighted by Crippen LogP contribution is -3.31. The third-order valence-electron chi connectivity index (χ3n) is 7.43. The van der Waals surface area contributed by atoms with E-state index in [2.05, 4.69) is 0 Å². The van der Waals surface area contributed by atoms with Crippen molar-refractivity contribution in [3.05, 3.63) is 59.7 Å². The minimum Gasteiger partial charge on any atom is -0.315 e. The van der Waals surface area contributed by atoms with Crippen LogP contribution in [0.2, 0.25) is 0 Å². The van der Waals surface area contributed by atoms with Crippen molar-refractivity contribution in [1.29, 1.82) is 0 Å². The maximum Gasteiger partial charge on any atom is 0.292 e. The molecule has 3 fully saturated rings. The molecule has 4 amide bonds. The van der Waals surface area contributed by atoms with Crippen LogP contribution in [0.25, 0.3) is 0 Å². The van der Waals surface area contributed by atoms with Crippen LogP contribution in [-0.2, 0) is 19.2 Å². The number of quaternary nitrogens is 2. The molecule has 2 aromatic rings. The number of carbonyl (C=O) groups is 4. The Hall–Kier alpha value is -3.36. The fourth-order valence-electron chi connectivity index (χ4n) is 5.60. The van der Waals surface area contributed by atoms with E-state index in [9.17, 15) is 19.2 Å². The molecule has 2 N–H and O–H groups in total. The molecule has 34 heavy (non-hydrogen) atoms. The highest BCUT2D eigenvalue weighted by molar-refractivity contribution is 6.22. The highest BCUT2D eigenvalue weighted by atomic mass is 16.2. The Morgan fingerprint density at radius 1 is 0.706 bits per heavy atom. The first-order valence-corrected chi connectivity index (χ1v) is 11.9. The highest BCUT2D eigenvalue weighted by Gasteiger charge is 2.50. The molecule has 0 spiro atoms. The fourth-order valence-corrected chi connectivity index (χ4v) is 5.60. The molecule has 3 heterocycles. The average Bonchev–Trinajstić information content (AvgIpc) is 3.28. The number of para-hydroxylation sites is 1. The van der Waals surface area contributed by atoms with Gasteiger partial charge in [0.25, 0.3) is 11.8 Å².